The molecule has 0 aliphatic carbocycles. The smallest absolute Gasteiger partial charge is 0.129 e. The minimum atomic E-state index is -0.0277. The normalized spacial score (nSPS) is 21.1. The molecule has 1 aromatic rings. The van der Waals surface area contributed by atoms with Crippen LogP contribution in [0.4, 0.5) is 5.69 Å². The van der Waals surface area contributed by atoms with E-state index in [0.29, 0.717) is 6.04 Å². The molecule has 1 atom stereocenters. The standard InChI is InChI=1S/C19H30N2/c1-12-10-13(2)15(14(3)11-12)21-16(18(4,5)6)17(21)20-19(7,8)9/h10-11,16H,1-9H3. The van der Waals surface area contributed by atoms with Gasteiger partial charge in [0, 0.05) is 5.69 Å². The maximum atomic E-state index is 4.97. The lowest BCUT2D eigenvalue weighted by atomic mass is 9.91. The predicted molar refractivity (Wildman–Crippen MR) is 93.6 cm³/mol. The van der Waals surface area contributed by atoms with Crippen LogP contribution in [0.15, 0.2) is 17.1 Å². The van der Waals surface area contributed by atoms with Gasteiger partial charge in [0.2, 0.25) is 0 Å². The van der Waals surface area contributed by atoms with Crippen LogP contribution >= 0.6 is 0 Å². The highest BCUT2D eigenvalue weighted by Crippen LogP contribution is 2.45. The zero-order valence-electron chi connectivity index (χ0n) is 15.1. The first-order valence-electron chi connectivity index (χ1n) is 7.88. The summed E-state index contributed by atoms with van der Waals surface area (Å²) in [7, 11) is 0. The van der Waals surface area contributed by atoms with Crippen LogP contribution < -0.4 is 4.90 Å². The second kappa shape index (κ2) is 4.86. The molecule has 0 saturated carbocycles. The molecule has 1 aliphatic rings. The quantitative estimate of drug-likeness (QED) is 0.660. The number of aryl methyl sites for hydroxylation is 3. The Kier molecular flexibility index (Phi) is 3.72. The molecule has 1 aliphatic heterocycles. The molecule has 0 spiro atoms. The summed E-state index contributed by atoms with van der Waals surface area (Å²) >= 11 is 0. The van der Waals surface area contributed by atoms with Gasteiger partial charge in [0.1, 0.15) is 5.84 Å². The number of nitrogens with zero attached hydrogens (tertiary/aromatic N) is 2. The molecule has 1 saturated heterocycles. The molecule has 0 amide bonds. The molecular weight excluding hydrogens is 256 g/mol. The minimum absolute atomic E-state index is 0.0277. The van der Waals surface area contributed by atoms with E-state index < -0.39 is 0 Å². The summed E-state index contributed by atoms with van der Waals surface area (Å²) in [4.78, 5) is 7.41. The molecule has 116 valence electrons. The minimum Gasteiger partial charge on any atom is -0.317 e. The van der Waals surface area contributed by atoms with E-state index >= 15 is 0 Å². The summed E-state index contributed by atoms with van der Waals surface area (Å²) in [5, 5.41) is 0. The zero-order chi connectivity index (χ0) is 16.2. The fourth-order valence-electron chi connectivity index (χ4n) is 3.21. The zero-order valence-corrected chi connectivity index (χ0v) is 15.1. The summed E-state index contributed by atoms with van der Waals surface area (Å²) in [5.41, 5.74) is 5.55. The first-order valence-corrected chi connectivity index (χ1v) is 7.88. The third kappa shape index (κ3) is 3.30. The van der Waals surface area contributed by atoms with Crippen LogP contribution in [-0.4, -0.2) is 17.4 Å². The maximum absolute atomic E-state index is 4.97. The van der Waals surface area contributed by atoms with Crippen molar-refractivity contribution in [2.24, 2.45) is 10.4 Å². The van der Waals surface area contributed by atoms with Crippen molar-refractivity contribution in [1.29, 1.82) is 0 Å². The van der Waals surface area contributed by atoms with Crippen LogP contribution in [0.5, 0.6) is 0 Å². The van der Waals surface area contributed by atoms with E-state index in [2.05, 4.69) is 79.3 Å². The second-order valence-corrected chi connectivity index (χ2v) is 8.53. The molecule has 0 aromatic heterocycles. The molecule has 0 bridgehead atoms. The van der Waals surface area contributed by atoms with Gasteiger partial charge in [-0.2, -0.15) is 0 Å². The van der Waals surface area contributed by atoms with E-state index in [1.165, 1.54) is 28.2 Å². The van der Waals surface area contributed by atoms with Gasteiger partial charge in [-0.05, 0) is 58.1 Å². The fraction of sp³-hybridized carbons (Fsp3) is 0.632. The molecule has 0 radical (unpaired) electrons. The number of benzene rings is 1. The number of amidine groups is 1. The average Bonchev–Trinajstić information content (AvgIpc) is 2.86. The lowest BCUT2D eigenvalue weighted by Crippen LogP contribution is -2.19. The molecule has 21 heavy (non-hydrogen) atoms. The third-order valence-electron chi connectivity index (χ3n) is 3.83. The van der Waals surface area contributed by atoms with Gasteiger partial charge in [-0.1, -0.05) is 38.5 Å². The summed E-state index contributed by atoms with van der Waals surface area (Å²) in [6.45, 7) is 20.0. The largest absolute Gasteiger partial charge is 0.317 e. The lowest BCUT2D eigenvalue weighted by molar-refractivity contribution is 0.423. The summed E-state index contributed by atoms with van der Waals surface area (Å²) in [6.07, 6.45) is 0. The highest BCUT2D eigenvalue weighted by atomic mass is 15.4. The van der Waals surface area contributed by atoms with Gasteiger partial charge >= 0.3 is 0 Å². The Morgan fingerprint density at radius 3 is 1.76 bits per heavy atom. The van der Waals surface area contributed by atoms with Crippen molar-refractivity contribution in [2.45, 2.75) is 73.9 Å². The van der Waals surface area contributed by atoms with Crippen molar-refractivity contribution in [3.05, 3.63) is 28.8 Å². The van der Waals surface area contributed by atoms with Crippen LogP contribution in [0.2, 0.25) is 0 Å². The van der Waals surface area contributed by atoms with Gasteiger partial charge in [0.05, 0.1) is 11.6 Å². The van der Waals surface area contributed by atoms with Crippen LogP contribution in [-0.2, 0) is 0 Å². The van der Waals surface area contributed by atoms with Gasteiger partial charge in [0.25, 0.3) is 0 Å². The molecule has 1 unspecified atom stereocenters. The van der Waals surface area contributed by atoms with Crippen molar-refractivity contribution in [3.8, 4) is 0 Å². The van der Waals surface area contributed by atoms with E-state index in [9.17, 15) is 0 Å². The van der Waals surface area contributed by atoms with E-state index in [0.717, 1.165) is 0 Å². The van der Waals surface area contributed by atoms with E-state index in [1.807, 2.05) is 0 Å². The average molecular weight is 286 g/mol. The van der Waals surface area contributed by atoms with Crippen molar-refractivity contribution in [3.63, 3.8) is 0 Å². The molecule has 1 aromatic carbocycles. The van der Waals surface area contributed by atoms with Gasteiger partial charge in [-0.25, -0.2) is 0 Å². The Labute approximate surface area is 130 Å². The lowest BCUT2D eigenvalue weighted by Gasteiger charge is -2.19. The van der Waals surface area contributed by atoms with Gasteiger partial charge in [-0.15, -0.1) is 0 Å². The number of aliphatic imine (C=N–C) groups is 1. The van der Waals surface area contributed by atoms with E-state index in [-0.39, 0.29) is 11.0 Å². The second-order valence-electron chi connectivity index (χ2n) is 8.53. The molecule has 2 heteroatoms. The van der Waals surface area contributed by atoms with Crippen LogP contribution in [0.1, 0.15) is 58.2 Å². The van der Waals surface area contributed by atoms with Crippen molar-refractivity contribution in [1.82, 2.24) is 0 Å². The molecule has 2 rings (SSSR count). The van der Waals surface area contributed by atoms with Crippen LogP contribution in [0.25, 0.3) is 0 Å². The number of rotatable bonds is 1. The molecule has 1 fully saturated rings. The van der Waals surface area contributed by atoms with Gasteiger partial charge in [-0.3, -0.25) is 4.99 Å². The number of hydrogen-bond acceptors (Lipinski definition) is 1. The molecule has 2 nitrogen and oxygen atoms in total. The first kappa shape index (κ1) is 16.1. The summed E-state index contributed by atoms with van der Waals surface area (Å²) < 4.78 is 0. The third-order valence-corrected chi connectivity index (χ3v) is 3.83. The van der Waals surface area contributed by atoms with Crippen molar-refractivity contribution >= 4 is 11.5 Å². The molecular formula is C19H30N2. The SMILES string of the molecule is Cc1cc(C)c(N2C(=NC(C)(C)C)C2C(C)(C)C)c(C)c1. The molecule has 1 heterocycles. The fourth-order valence-corrected chi connectivity index (χ4v) is 3.21. The Bertz CT molecular complexity index is 560. The highest BCUT2D eigenvalue weighted by Gasteiger charge is 2.52. The summed E-state index contributed by atoms with van der Waals surface area (Å²) in [6, 6.07) is 4.96. The van der Waals surface area contributed by atoms with E-state index in [4.69, 9.17) is 4.99 Å². The Morgan fingerprint density at radius 2 is 1.38 bits per heavy atom. The number of hydrogen-bond donors (Lipinski definition) is 0. The Hall–Kier alpha value is -1.31. The monoisotopic (exact) mass is 286 g/mol. The van der Waals surface area contributed by atoms with Crippen molar-refractivity contribution < 1.29 is 0 Å². The summed E-state index contributed by atoms with van der Waals surface area (Å²) in [5.74, 6) is 1.24. The Balaban J connectivity index is 2.51. The first-order chi connectivity index (χ1) is 9.42. The van der Waals surface area contributed by atoms with Crippen molar-refractivity contribution in [2.75, 3.05) is 4.90 Å². The highest BCUT2D eigenvalue weighted by molar-refractivity contribution is 6.20. The Morgan fingerprint density at radius 1 is 0.905 bits per heavy atom. The van der Waals surface area contributed by atoms with Crippen LogP contribution in [0.3, 0.4) is 0 Å². The van der Waals surface area contributed by atoms with Gasteiger partial charge in [0.15, 0.2) is 0 Å². The predicted octanol–water partition coefficient (Wildman–Crippen LogP) is 5.04. The maximum Gasteiger partial charge on any atom is 0.129 e. The van der Waals surface area contributed by atoms with E-state index in [1.54, 1.807) is 0 Å². The molecule has 0 N–H and O–H groups in total. The van der Waals surface area contributed by atoms with Crippen LogP contribution in [0, 0.1) is 26.2 Å². The number of anilines is 1. The van der Waals surface area contributed by atoms with Gasteiger partial charge < -0.3 is 4.90 Å². The topological polar surface area (TPSA) is 15.4 Å².